The zero-order valence-electron chi connectivity index (χ0n) is 10.6. The predicted molar refractivity (Wildman–Crippen MR) is 77.2 cm³/mol. The molecule has 3 nitrogen and oxygen atoms in total. The Hall–Kier alpha value is -1.33. The molecule has 0 saturated carbocycles. The van der Waals surface area contributed by atoms with Gasteiger partial charge in [-0.25, -0.2) is 14.4 Å². The van der Waals surface area contributed by atoms with Gasteiger partial charge in [-0.05, 0) is 30.7 Å². The summed E-state index contributed by atoms with van der Waals surface area (Å²) in [5, 5.41) is 0. The summed E-state index contributed by atoms with van der Waals surface area (Å²) < 4.78 is 14.7. The number of halogens is 2. The summed E-state index contributed by atoms with van der Waals surface area (Å²) in [6, 6.07) is 6.50. The molecule has 1 aromatic carbocycles. The Kier molecular flexibility index (Phi) is 4.61. The Labute approximate surface area is 120 Å². The summed E-state index contributed by atoms with van der Waals surface area (Å²) in [7, 11) is 0. The molecule has 0 aliphatic heterocycles. The summed E-state index contributed by atoms with van der Waals surface area (Å²) in [6.07, 6.45) is 2.51. The second kappa shape index (κ2) is 6.21. The lowest BCUT2D eigenvalue weighted by Gasteiger charge is -2.12. The molecule has 100 valence electrons. The second-order valence-corrected chi connectivity index (χ2v) is 5.18. The first-order chi connectivity index (χ1) is 9.15. The molecule has 5 heteroatoms. The SMILES string of the molecule is CCC(CN)c1nccc(-c2cc(Br)ccc2F)n1. The van der Waals surface area contributed by atoms with Crippen LogP contribution in [0.4, 0.5) is 4.39 Å². The molecule has 0 fully saturated rings. The minimum absolute atomic E-state index is 0.107. The van der Waals surface area contributed by atoms with Gasteiger partial charge in [0.1, 0.15) is 11.6 Å². The Balaban J connectivity index is 2.45. The van der Waals surface area contributed by atoms with E-state index in [1.807, 2.05) is 6.92 Å². The quantitative estimate of drug-likeness (QED) is 0.936. The van der Waals surface area contributed by atoms with Crippen LogP contribution < -0.4 is 5.73 Å². The fraction of sp³-hybridized carbons (Fsp3) is 0.286. The Morgan fingerprint density at radius 3 is 2.84 bits per heavy atom. The smallest absolute Gasteiger partial charge is 0.133 e. The van der Waals surface area contributed by atoms with Crippen LogP contribution in [0.1, 0.15) is 25.1 Å². The zero-order valence-corrected chi connectivity index (χ0v) is 12.2. The highest BCUT2D eigenvalue weighted by Gasteiger charge is 2.13. The molecule has 0 saturated heterocycles. The third-order valence-electron chi connectivity index (χ3n) is 3.02. The van der Waals surface area contributed by atoms with E-state index in [2.05, 4.69) is 25.9 Å². The summed E-state index contributed by atoms with van der Waals surface area (Å²) >= 11 is 3.34. The van der Waals surface area contributed by atoms with E-state index in [0.717, 1.165) is 10.9 Å². The monoisotopic (exact) mass is 323 g/mol. The van der Waals surface area contributed by atoms with Crippen molar-refractivity contribution in [3.8, 4) is 11.3 Å². The van der Waals surface area contributed by atoms with Crippen molar-refractivity contribution in [3.63, 3.8) is 0 Å². The summed E-state index contributed by atoms with van der Waals surface area (Å²) in [6.45, 7) is 2.52. The Morgan fingerprint density at radius 2 is 2.16 bits per heavy atom. The van der Waals surface area contributed by atoms with Gasteiger partial charge < -0.3 is 5.73 Å². The fourth-order valence-corrected chi connectivity index (χ4v) is 2.23. The number of benzene rings is 1. The molecular formula is C14H15BrFN3. The van der Waals surface area contributed by atoms with Gasteiger partial charge in [-0.3, -0.25) is 0 Å². The van der Waals surface area contributed by atoms with Crippen LogP contribution in [0.15, 0.2) is 34.9 Å². The van der Waals surface area contributed by atoms with E-state index in [-0.39, 0.29) is 11.7 Å². The number of aromatic nitrogens is 2. The van der Waals surface area contributed by atoms with Gasteiger partial charge in [-0.1, -0.05) is 22.9 Å². The van der Waals surface area contributed by atoms with Gasteiger partial charge in [0.2, 0.25) is 0 Å². The highest BCUT2D eigenvalue weighted by molar-refractivity contribution is 9.10. The summed E-state index contributed by atoms with van der Waals surface area (Å²) in [4.78, 5) is 8.67. The lowest BCUT2D eigenvalue weighted by molar-refractivity contribution is 0.623. The third kappa shape index (κ3) is 3.16. The maximum Gasteiger partial charge on any atom is 0.133 e. The van der Waals surface area contributed by atoms with Crippen molar-refractivity contribution in [2.45, 2.75) is 19.3 Å². The van der Waals surface area contributed by atoms with E-state index in [0.29, 0.717) is 23.6 Å². The van der Waals surface area contributed by atoms with Gasteiger partial charge >= 0.3 is 0 Å². The minimum Gasteiger partial charge on any atom is -0.330 e. The molecule has 0 amide bonds. The van der Waals surface area contributed by atoms with Gasteiger partial charge in [0.15, 0.2) is 0 Å². The van der Waals surface area contributed by atoms with E-state index >= 15 is 0 Å². The van der Waals surface area contributed by atoms with Gasteiger partial charge in [0.25, 0.3) is 0 Å². The van der Waals surface area contributed by atoms with Gasteiger partial charge in [-0.2, -0.15) is 0 Å². The second-order valence-electron chi connectivity index (χ2n) is 4.27. The highest BCUT2D eigenvalue weighted by Crippen LogP contribution is 2.25. The predicted octanol–water partition coefficient (Wildman–Crippen LogP) is 3.50. The van der Waals surface area contributed by atoms with Crippen LogP contribution in [-0.4, -0.2) is 16.5 Å². The molecule has 0 spiro atoms. The first kappa shape index (κ1) is 14.1. The number of hydrogen-bond donors (Lipinski definition) is 1. The maximum absolute atomic E-state index is 13.8. The third-order valence-corrected chi connectivity index (χ3v) is 3.51. The van der Waals surface area contributed by atoms with Gasteiger partial charge in [0, 0.05) is 28.7 Å². The molecule has 2 rings (SSSR count). The van der Waals surface area contributed by atoms with Crippen LogP contribution >= 0.6 is 15.9 Å². The van der Waals surface area contributed by atoms with Crippen molar-refractivity contribution < 1.29 is 4.39 Å². The molecule has 0 aliphatic rings. The average molecular weight is 324 g/mol. The molecule has 1 heterocycles. The molecular weight excluding hydrogens is 309 g/mol. The van der Waals surface area contributed by atoms with Crippen LogP contribution in [0.3, 0.4) is 0 Å². The first-order valence-electron chi connectivity index (χ1n) is 6.14. The van der Waals surface area contributed by atoms with Crippen molar-refractivity contribution in [1.29, 1.82) is 0 Å². The minimum atomic E-state index is -0.298. The maximum atomic E-state index is 13.8. The van der Waals surface area contributed by atoms with Crippen molar-refractivity contribution >= 4 is 15.9 Å². The standard InChI is InChI=1S/C14H15BrFN3/c1-2-9(8-17)14-18-6-5-13(19-14)11-7-10(15)3-4-12(11)16/h3-7,9H,2,8,17H2,1H3. The van der Waals surface area contributed by atoms with Crippen LogP contribution in [0, 0.1) is 5.82 Å². The fourth-order valence-electron chi connectivity index (χ4n) is 1.87. The normalized spacial score (nSPS) is 12.4. The van der Waals surface area contributed by atoms with Crippen molar-refractivity contribution in [2.75, 3.05) is 6.54 Å². The molecule has 1 aromatic heterocycles. The molecule has 2 N–H and O–H groups in total. The van der Waals surface area contributed by atoms with E-state index in [4.69, 9.17) is 5.73 Å². The largest absolute Gasteiger partial charge is 0.330 e. The highest BCUT2D eigenvalue weighted by atomic mass is 79.9. The lowest BCUT2D eigenvalue weighted by Crippen LogP contribution is -2.14. The average Bonchev–Trinajstić information content (AvgIpc) is 2.43. The van der Waals surface area contributed by atoms with Crippen molar-refractivity contribution in [2.24, 2.45) is 5.73 Å². The zero-order chi connectivity index (χ0) is 13.8. The number of rotatable bonds is 4. The molecule has 1 atom stereocenters. The molecule has 2 aromatic rings. The molecule has 0 aliphatic carbocycles. The molecule has 0 radical (unpaired) electrons. The van der Waals surface area contributed by atoms with Gasteiger partial charge in [-0.15, -0.1) is 0 Å². The van der Waals surface area contributed by atoms with E-state index in [1.54, 1.807) is 24.4 Å². The Morgan fingerprint density at radius 1 is 1.37 bits per heavy atom. The molecule has 19 heavy (non-hydrogen) atoms. The first-order valence-corrected chi connectivity index (χ1v) is 6.93. The van der Waals surface area contributed by atoms with E-state index in [1.165, 1.54) is 6.07 Å². The van der Waals surface area contributed by atoms with E-state index in [9.17, 15) is 4.39 Å². The van der Waals surface area contributed by atoms with Crippen LogP contribution in [0.2, 0.25) is 0 Å². The topological polar surface area (TPSA) is 51.8 Å². The number of nitrogens with two attached hydrogens (primary N) is 1. The molecule has 0 bridgehead atoms. The van der Waals surface area contributed by atoms with Crippen LogP contribution in [0.5, 0.6) is 0 Å². The number of nitrogens with zero attached hydrogens (tertiary/aromatic N) is 2. The van der Waals surface area contributed by atoms with Crippen LogP contribution in [-0.2, 0) is 0 Å². The summed E-state index contributed by atoms with van der Waals surface area (Å²) in [5.74, 6) is 0.477. The van der Waals surface area contributed by atoms with Crippen molar-refractivity contribution in [1.82, 2.24) is 9.97 Å². The van der Waals surface area contributed by atoms with Crippen LogP contribution in [0.25, 0.3) is 11.3 Å². The van der Waals surface area contributed by atoms with E-state index < -0.39 is 0 Å². The Bertz CT molecular complexity index is 570. The lowest BCUT2D eigenvalue weighted by atomic mass is 10.1. The summed E-state index contributed by atoms with van der Waals surface area (Å²) in [5.41, 5.74) is 6.74. The number of hydrogen-bond acceptors (Lipinski definition) is 3. The van der Waals surface area contributed by atoms with Gasteiger partial charge in [0.05, 0.1) is 5.69 Å². The van der Waals surface area contributed by atoms with Crippen molar-refractivity contribution in [3.05, 3.63) is 46.6 Å². The molecule has 1 unspecified atom stereocenters.